The van der Waals surface area contributed by atoms with E-state index in [1.807, 2.05) is 0 Å². The van der Waals surface area contributed by atoms with Gasteiger partial charge in [0.05, 0.1) is 5.56 Å². The lowest BCUT2D eigenvalue weighted by Gasteiger charge is -2.01. The van der Waals surface area contributed by atoms with Crippen LogP contribution in [0.25, 0.3) is 0 Å². The molecule has 0 aliphatic carbocycles. The second-order valence-electron chi connectivity index (χ2n) is 4.14. The second-order valence-corrected chi connectivity index (χ2v) is 4.58. The molecule has 0 bridgehead atoms. The molecule has 2 rings (SSSR count). The van der Waals surface area contributed by atoms with Crippen LogP contribution < -0.4 is 0 Å². The molecule has 0 saturated heterocycles. The van der Waals surface area contributed by atoms with Crippen LogP contribution in [0, 0.1) is 0 Å². The molecule has 1 aromatic heterocycles. The molecule has 0 radical (unpaired) electrons. The van der Waals surface area contributed by atoms with E-state index in [0.717, 1.165) is 0 Å². The Morgan fingerprint density at radius 2 is 1.61 bits per heavy atom. The topological polar surface area (TPSA) is 39.1 Å². The van der Waals surface area contributed by atoms with Gasteiger partial charge in [-0.15, -0.1) is 0 Å². The lowest BCUT2D eigenvalue weighted by Crippen LogP contribution is -2.05. The van der Waals surface area contributed by atoms with Crippen LogP contribution in [0.2, 0.25) is 5.02 Å². The van der Waals surface area contributed by atoms with Crippen LogP contribution in [-0.2, 0) is 7.05 Å². The van der Waals surface area contributed by atoms with Crippen molar-refractivity contribution in [1.82, 2.24) is 4.57 Å². The molecule has 18 heavy (non-hydrogen) atoms. The number of aryl methyl sites for hydroxylation is 1. The van der Waals surface area contributed by atoms with E-state index in [9.17, 15) is 9.59 Å². The highest BCUT2D eigenvalue weighted by atomic mass is 35.5. The molecular formula is C14H12ClNO2. The normalized spacial score (nSPS) is 10.4. The van der Waals surface area contributed by atoms with Crippen molar-refractivity contribution in [3.63, 3.8) is 0 Å². The largest absolute Gasteiger partial charge is 0.356 e. The molecule has 0 atom stereocenters. The predicted octanol–water partition coefficient (Wildman–Crippen LogP) is 3.11. The fraction of sp³-hybridized carbons (Fsp3) is 0.143. The molecule has 0 fully saturated rings. The Morgan fingerprint density at radius 1 is 1.06 bits per heavy atom. The van der Waals surface area contributed by atoms with E-state index in [-0.39, 0.29) is 11.6 Å². The van der Waals surface area contributed by atoms with Crippen molar-refractivity contribution in [2.24, 2.45) is 7.05 Å². The van der Waals surface area contributed by atoms with Crippen molar-refractivity contribution < 1.29 is 9.59 Å². The Balaban J connectivity index is 2.45. The number of nitrogens with zero attached hydrogens (tertiary/aromatic N) is 1. The third-order valence-corrected chi connectivity index (χ3v) is 2.94. The first-order chi connectivity index (χ1) is 8.49. The molecule has 1 aromatic carbocycles. The van der Waals surface area contributed by atoms with Gasteiger partial charge in [0.1, 0.15) is 0 Å². The Labute approximate surface area is 110 Å². The van der Waals surface area contributed by atoms with Crippen LogP contribution >= 0.6 is 11.6 Å². The summed E-state index contributed by atoms with van der Waals surface area (Å²) in [6, 6.07) is 6.62. The molecule has 0 unspecified atom stereocenters. The zero-order chi connectivity index (χ0) is 13.3. The zero-order valence-corrected chi connectivity index (χ0v) is 10.9. The van der Waals surface area contributed by atoms with Crippen LogP contribution in [0.5, 0.6) is 0 Å². The van der Waals surface area contributed by atoms with Gasteiger partial charge in [0.25, 0.3) is 0 Å². The SMILES string of the molecule is CC(=O)c1cn(C)cc1C(=O)c1ccc(Cl)cc1. The molecule has 0 spiro atoms. The molecule has 0 amide bonds. The number of rotatable bonds is 3. The van der Waals surface area contributed by atoms with E-state index in [1.165, 1.54) is 6.92 Å². The van der Waals surface area contributed by atoms with Gasteiger partial charge in [0.2, 0.25) is 0 Å². The Bertz CT molecular complexity index is 611. The molecule has 0 aliphatic rings. The Hall–Kier alpha value is -1.87. The van der Waals surface area contributed by atoms with Crippen molar-refractivity contribution in [3.8, 4) is 0 Å². The van der Waals surface area contributed by atoms with E-state index in [4.69, 9.17) is 11.6 Å². The first-order valence-corrected chi connectivity index (χ1v) is 5.84. The standard InChI is InChI=1S/C14H12ClNO2/c1-9(17)12-7-16(2)8-13(12)14(18)10-3-5-11(15)6-4-10/h3-8H,1-2H3. The van der Waals surface area contributed by atoms with Crippen molar-refractivity contribution in [3.05, 3.63) is 58.4 Å². The van der Waals surface area contributed by atoms with Crippen LogP contribution in [0.4, 0.5) is 0 Å². The summed E-state index contributed by atoms with van der Waals surface area (Å²) in [7, 11) is 1.78. The maximum Gasteiger partial charge on any atom is 0.195 e. The van der Waals surface area contributed by atoms with Crippen molar-refractivity contribution in [2.75, 3.05) is 0 Å². The minimum absolute atomic E-state index is 0.118. The van der Waals surface area contributed by atoms with Crippen molar-refractivity contribution in [1.29, 1.82) is 0 Å². The average Bonchev–Trinajstić information content (AvgIpc) is 2.71. The van der Waals surface area contributed by atoms with E-state index in [1.54, 1.807) is 48.3 Å². The molecule has 92 valence electrons. The average molecular weight is 262 g/mol. The van der Waals surface area contributed by atoms with Crippen LogP contribution in [0.1, 0.15) is 33.2 Å². The summed E-state index contributed by atoms with van der Waals surface area (Å²) in [6.45, 7) is 1.45. The summed E-state index contributed by atoms with van der Waals surface area (Å²) in [6.07, 6.45) is 3.32. The third kappa shape index (κ3) is 2.36. The van der Waals surface area contributed by atoms with Gasteiger partial charge in [-0.05, 0) is 31.2 Å². The summed E-state index contributed by atoms with van der Waals surface area (Å²) in [4.78, 5) is 23.8. The fourth-order valence-corrected chi connectivity index (χ4v) is 1.93. The Kier molecular flexibility index (Phi) is 3.34. The van der Waals surface area contributed by atoms with Crippen LogP contribution in [0.15, 0.2) is 36.7 Å². The molecule has 4 heteroatoms. The van der Waals surface area contributed by atoms with Gasteiger partial charge in [-0.25, -0.2) is 0 Å². The highest BCUT2D eigenvalue weighted by Gasteiger charge is 2.18. The molecule has 2 aromatic rings. The predicted molar refractivity (Wildman–Crippen MR) is 70.3 cm³/mol. The van der Waals surface area contributed by atoms with E-state index in [0.29, 0.717) is 21.7 Å². The number of ketones is 2. The molecule has 1 heterocycles. The van der Waals surface area contributed by atoms with Gasteiger partial charge >= 0.3 is 0 Å². The lowest BCUT2D eigenvalue weighted by molar-refractivity contribution is 0.0991. The highest BCUT2D eigenvalue weighted by molar-refractivity contribution is 6.30. The Morgan fingerprint density at radius 3 is 2.17 bits per heavy atom. The number of carbonyl (C=O) groups excluding carboxylic acids is 2. The van der Waals surface area contributed by atoms with Crippen LogP contribution in [0.3, 0.4) is 0 Å². The number of carbonyl (C=O) groups is 2. The minimum Gasteiger partial charge on any atom is -0.356 e. The summed E-state index contributed by atoms with van der Waals surface area (Å²) in [5.41, 5.74) is 1.39. The number of hydrogen-bond donors (Lipinski definition) is 0. The lowest BCUT2D eigenvalue weighted by atomic mass is 10.0. The quantitative estimate of drug-likeness (QED) is 0.797. The third-order valence-electron chi connectivity index (χ3n) is 2.69. The molecule has 0 N–H and O–H groups in total. The van der Waals surface area contributed by atoms with Gasteiger partial charge < -0.3 is 4.57 Å². The summed E-state index contributed by atoms with van der Waals surface area (Å²) in [5, 5.41) is 0.575. The number of hydrogen-bond acceptors (Lipinski definition) is 2. The molecular weight excluding hydrogens is 250 g/mol. The number of benzene rings is 1. The van der Waals surface area contributed by atoms with E-state index >= 15 is 0 Å². The van der Waals surface area contributed by atoms with Crippen LogP contribution in [-0.4, -0.2) is 16.1 Å². The van der Waals surface area contributed by atoms with Crippen molar-refractivity contribution >= 4 is 23.2 Å². The van der Waals surface area contributed by atoms with Gasteiger partial charge in [-0.2, -0.15) is 0 Å². The summed E-state index contributed by atoms with van der Waals surface area (Å²) >= 11 is 5.78. The number of halogens is 1. The monoisotopic (exact) mass is 261 g/mol. The summed E-state index contributed by atoms with van der Waals surface area (Å²) < 4.78 is 1.71. The van der Waals surface area contributed by atoms with E-state index < -0.39 is 0 Å². The van der Waals surface area contributed by atoms with Gasteiger partial charge in [-0.1, -0.05) is 11.6 Å². The van der Waals surface area contributed by atoms with E-state index in [2.05, 4.69) is 0 Å². The smallest absolute Gasteiger partial charge is 0.195 e. The van der Waals surface area contributed by atoms with Crippen molar-refractivity contribution in [2.45, 2.75) is 6.92 Å². The first-order valence-electron chi connectivity index (χ1n) is 5.46. The van der Waals surface area contributed by atoms with Gasteiger partial charge in [0, 0.05) is 35.6 Å². The first kappa shape index (κ1) is 12.6. The maximum atomic E-state index is 12.3. The number of Topliss-reactive ketones (excluding diaryl/α,β-unsaturated/α-hetero) is 1. The summed E-state index contributed by atoms with van der Waals surface area (Å²) in [5.74, 6) is -0.287. The zero-order valence-electron chi connectivity index (χ0n) is 10.1. The maximum absolute atomic E-state index is 12.3. The second kappa shape index (κ2) is 4.78. The van der Waals surface area contributed by atoms with Gasteiger partial charge in [0.15, 0.2) is 11.6 Å². The molecule has 3 nitrogen and oxygen atoms in total. The molecule has 0 saturated carbocycles. The fourth-order valence-electron chi connectivity index (χ4n) is 1.80. The number of aromatic nitrogens is 1. The van der Waals surface area contributed by atoms with Gasteiger partial charge in [-0.3, -0.25) is 9.59 Å². The highest BCUT2D eigenvalue weighted by Crippen LogP contribution is 2.18. The minimum atomic E-state index is -0.169. The molecule has 0 aliphatic heterocycles.